The lowest BCUT2D eigenvalue weighted by atomic mass is 9.86. The Morgan fingerprint density at radius 3 is 3.33 bits per heavy atom. The van der Waals surface area contributed by atoms with Crippen LogP contribution in [0, 0.1) is 5.92 Å². The van der Waals surface area contributed by atoms with Crippen molar-refractivity contribution in [2.45, 2.75) is 24.4 Å². The molecule has 3 aliphatic rings. The highest BCUT2D eigenvalue weighted by Crippen LogP contribution is 2.62. The lowest BCUT2D eigenvalue weighted by molar-refractivity contribution is -0.115. The van der Waals surface area contributed by atoms with Gasteiger partial charge in [-0.15, -0.1) is 0 Å². The maximum atomic E-state index is 11.4. The maximum Gasteiger partial charge on any atom is 0.155 e. The molecule has 2 nitrogen and oxygen atoms in total. The zero-order chi connectivity index (χ0) is 10.0. The molecule has 2 aliphatic carbocycles. The lowest BCUT2D eigenvalue weighted by Gasteiger charge is -2.21. The number of hydrogen-bond donors (Lipinski definition) is 1. The number of carbonyl (C=O) groups excluding carboxylic acids is 1. The standard InChI is InChI=1S/C12H11NOS/c14-8-1-2-12-9(3-8)11(12)13-4-7-5-15-6-10(7)12/h1-2,5-6,9,11,13H,3-4H2/t9-,11?,12-/m1/s1. The molecule has 3 heteroatoms. The van der Waals surface area contributed by atoms with Crippen LogP contribution < -0.4 is 5.32 Å². The third-order valence-corrected chi connectivity index (χ3v) is 4.90. The molecule has 15 heavy (non-hydrogen) atoms. The summed E-state index contributed by atoms with van der Waals surface area (Å²) in [7, 11) is 0. The van der Waals surface area contributed by atoms with E-state index in [2.05, 4.69) is 22.2 Å². The zero-order valence-corrected chi connectivity index (χ0v) is 9.01. The van der Waals surface area contributed by atoms with Gasteiger partial charge in [-0.3, -0.25) is 4.79 Å². The first-order valence-corrected chi connectivity index (χ1v) is 6.27. The summed E-state index contributed by atoms with van der Waals surface area (Å²) >= 11 is 1.78. The van der Waals surface area contributed by atoms with Gasteiger partial charge in [0.1, 0.15) is 0 Å². The summed E-state index contributed by atoms with van der Waals surface area (Å²) in [6, 6.07) is 0.516. The summed E-state index contributed by atoms with van der Waals surface area (Å²) in [5, 5.41) is 8.05. The van der Waals surface area contributed by atoms with E-state index in [4.69, 9.17) is 0 Å². The van der Waals surface area contributed by atoms with E-state index in [0.29, 0.717) is 17.7 Å². The molecule has 1 aromatic rings. The van der Waals surface area contributed by atoms with Crippen molar-refractivity contribution in [2.24, 2.45) is 5.92 Å². The Hall–Kier alpha value is -0.930. The summed E-state index contributed by atoms with van der Waals surface area (Å²) in [6.45, 7) is 0.976. The number of ketones is 1. The molecule has 0 amide bonds. The minimum Gasteiger partial charge on any atom is -0.308 e. The third kappa shape index (κ3) is 0.825. The van der Waals surface area contributed by atoms with Crippen molar-refractivity contribution in [2.75, 3.05) is 0 Å². The van der Waals surface area contributed by atoms with Gasteiger partial charge in [0.25, 0.3) is 0 Å². The molecule has 0 radical (unpaired) electrons. The average Bonchev–Trinajstić information content (AvgIpc) is 2.68. The Morgan fingerprint density at radius 2 is 2.40 bits per heavy atom. The molecule has 0 bridgehead atoms. The number of thiophene rings is 1. The summed E-state index contributed by atoms with van der Waals surface area (Å²) in [4.78, 5) is 11.4. The molecule has 1 unspecified atom stereocenters. The Morgan fingerprint density at radius 1 is 1.47 bits per heavy atom. The fraction of sp³-hybridized carbons (Fsp3) is 0.417. The molecule has 1 fully saturated rings. The fourth-order valence-electron chi connectivity index (χ4n) is 3.34. The number of carbonyl (C=O) groups is 1. The van der Waals surface area contributed by atoms with Crippen molar-refractivity contribution in [3.63, 3.8) is 0 Å². The Labute approximate surface area is 92.0 Å². The van der Waals surface area contributed by atoms with Crippen LogP contribution >= 0.6 is 11.3 Å². The number of fused-ring (bicyclic) bond motifs is 2. The Kier molecular flexibility index (Phi) is 1.33. The largest absolute Gasteiger partial charge is 0.308 e. The summed E-state index contributed by atoms with van der Waals surface area (Å²) in [5.41, 5.74) is 3.09. The van der Waals surface area contributed by atoms with Crippen molar-refractivity contribution in [1.29, 1.82) is 0 Å². The van der Waals surface area contributed by atoms with Crippen LogP contribution in [0.1, 0.15) is 17.5 Å². The minimum atomic E-state index is 0.182. The van der Waals surface area contributed by atoms with Gasteiger partial charge in [0.05, 0.1) is 0 Å². The first-order chi connectivity index (χ1) is 7.32. The molecule has 1 spiro atoms. The quantitative estimate of drug-likeness (QED) is 0.715. The van der Waals surface area contributed by atoms with E-state index in [1.165, 1.54) is 11.1 Å². The number of nitrogens with one attached hydrogen (secondary N) is 1. The van der Waals surface area contributed by atoms with Crippen LogP contribution in [0.2, 0.25) is 0 Å². The molecule has 0 aromatic carbocycles. The van der Waals surface area contributed by atoms with Gasteiger partial charge in [-0.1, -0.05) is 6.08 Å². The molecule has 1 saturated carbocycles. The smallest absolute Gasteiger partial charge is 0.155 e. The molecule has 1 N–H and O–H groups in total. The van der Waals surface area contributed by atoms with Crippen LogP contribution in [0.3, 0.4) is 0 Å². The Bertz CT molecular complexity index is 490. The van der Waals surface area contributed by atoms with E-state index in [-0.39, 0.29) is 5.41 Å². The van der Waals surface area contributed by atoms with Crippen molar-refractivity contribution >= 4 is 17.1 Å². The molecule has 76 valence electrons. The van der Waals surface area contributed by atoms with E-state index in [1.807, 2.05) is 0 Å². The second kappa shape index (κ2) is 2.42. The maximum absolute atomic E-state index is 11.4. The molecular weight excluding hydrogens is 206 g/mol. The van der Waals surface area contributed by atoms with Crippen LogP contribution in [0.4, 0.5) is 0 Å². The molecule has 2 heterocycles. The van der Waals surface area contributed by atoms with Gasteiger partial charge in [0, 0.05) is 24.4 Å². The number of allylic oxidation sites excluding steroid dienone is 1. The lowest BCUT2D eigenvalue weighted by Crippen LogP contribution is -2.29. The molecule has 4 rings (SSSR count). The van der Waals surface area contributed by atoms with Crippen LogP contribution in [-0.2, 0) is 16.8 Å². The highest BCUT2D eigenvalue weighted by molar-refractivity contribution is 7.08. The molecule has 3 atom stereocenters. The second-order valence-corrected chi connectivity index (χ2v) is 5.46. The van der Waals surface area contributed by atoms with Crippen LogP contribution in [0.15, 0.2) is 22.9 Å². The Balaban J connectivity index is 1.92. The third-order valence-electron chi connectivity index (χ3n) is 4.11. The zero-order valence-electron chi connectivity index (χ0n) is 8.19. The van der Waals surface area contributed by atoms with Crippen molar-refractivity contribution in [1.82, 2.24) is 5.32 Å². The van der Waals surface area contributed by atoms with E-state index < -0.39 is 0 Å². The van der Waals surface area contributed by atoms with Crippen molar-refractivity contribution in [3.8, 4) is 0 Å². The topological polar surface area (TPSA) is 29.1 Å². The van der Waals surface area contributed by atoms with Gasteiger partial charge >= 0.3 is 0 Å². The first-order valence-electron chi connectivity index (χ1n) is 5.33. The van der Waals surface area contributed by atoms with Crippen molar-refractivity contribution in [3.05, 3.63) is 34.0 Å². The van der Waals surface area contributed by atoms with E-state index >= 15 is 0 Å². The summed E-state index contributed by atoms with van der Waals surface area (Å²) in [5.74, 6) is 0.810. The predicted molar refractivity (Wildman–Crippen MR) is 58.9 cm³/mol. The van der Waals surface area contributed by atoms with Crippen LogP contribution in [0.5, 0.6) is 0 Å². The predicted octanol–water partition coefficient (Wildman–Crippen LogP) is 1.62. The van der Waals surface area contributed by atoms with Crippen molar-refractivity contribution < 1.29 is 4.79 Å². The normalized spacial score (nSPS) is 40.7. The highest BCUT2D eigenvalue weighted by Gasteiger charge is 2.67. The molecular formula is C12H11NOS. The number of hydrogen-bond acceptors (Lipinski definition) is 3. The SMILES string of the molecule is O=C1C=C[C@@]23c4cscc4CNC2[C@H]3C1. The van der Waals surface area contributed by atoms with E-state index in [1.54, 1.807) is 17.4 Å². The molecule has 1 aromatic heterocycles. The second-order valence-electron chi connectivity index (χ2n) is 4.71. The first kappa shape index (κ1) is 8.25. The van der Waals surface area contributed by atoms with Gasteiger partial charge < -0.3 is 5.32 Å². The monoisotopic (exact) mass is 217 g/mol. The number of rotatable bonds is 0. The average molecular weight is 217 g/mol. The van der Waals surface area contributed by atoms with Gasteiger partial charge in [0.2, 0.25) is 0 Å². The summed E-state index contributed by atoms with van der Waals surface area (Å²) in [6.07, 6.45) is 4.65. The minimum absolute atomic E-state index is 0.182. The van der Waals surface area contributed by atoms with Crippen LogP contribution in [0.25, 0.3) is 0 Å². The fourth-order valence-corrected chi connectivity index (χ4v) is 4.27. The van der Waals surface area contributed by atoms with Gasteiger partial charge in [0.15, 0.2) is 5.78 Å². The van der Waals surface area contributed by atoms with Gasteiger partial charge in [-0.25, -0.2) is 0 Å². The summed E-state index contributed by atoms with van der Waals surface area (Å²) < 4.78 is 0. The van der Waals surface area contributed by atoms with E-state index in [0.717, 1.165) is 13.0 Å². The van der Waals surface area contributed by atoms with Gasteiger partial charge in [-0.05, 0) is 33.9 Å². The van der Waals surface area contributed by atoms with Gasteiger partial charge in [-0.2, -0.15) is 11.3 Å². The molecule has 1 aliphatic heterocycles. The van der Waals surface area contributed by atoms with Crippen LogP contribution in [-0.4, -0.2) is 11.8 Å². The van der Waals surface area contributed by atoms with E-state index in [9.17, 15) is 4.79 Å². The highest BCUT2D eigenvalue weighted by atomic mass is 32.1. The molecule has 0 saturated heterocycles.